The number of aromatic nitrogens is 2. The van der Waals surface area contributed by atoms with Crippen LogP contribution in [0.3, 0.4) is 0 Å². The SMILES string of the molecule is CCN1CC[C@]2(CN(Cc3cnn(C)c3)C[C@H]2c2ccccc2)C1=O. The van der Waals surface area contributed by atoms with Crippen molar-refractivity contribution in [2.75, 3.05) is 26.2 Å². The van der Waals surface area contributed by atoms with Crippen LogP contribution in [0.2, 0.25) is 0 Å². The molecule has 1 spiro atoms. The summed E-state index contributed by atoms with van der Waals surface area (Å²) in [7, 11) is 1.95. The van der Waals surface area contributed by atoms with Gasteiger partial charge in [-0.05, 0) is 18.9 Å². The third kappa shape index (κ3) is 2.76. The molecule has 0 bridgehead atoms. The molecule has 0 unspecified atom stereocenters. The highest BCUT2D eigenvalue weighted by Gasteiger charge is 2.56. The Morgan fingerprint density at radius 3 is 2.72 bits per heavy atom. The van der Waals surface area contributed by atoms with Gasteiger partial charge in [0, 0.05) is 57.4 Å². The van der Waals surface area contributed by atoms with Gasteiger partial charge in [-0.1, -0.05) is 30.3 Å². The second kappa shape index (κ2) is 6.30. The summed E-state index contributed by atoms with van der Waals surface area (Å²) in [6, 6.07) is 10.6. The average molecular weight is 338 g/mol. The molecule has 4 rings (SSSR count). The molecule has 3 heterocycles. The maximum atomic E-state index is 13.2. The van der Waals surface area contributed by atoms with E-state index < -0.39 is 0 Å². The number of carbonyl (C=O) groups is 1. The van der Waals surface area contributed by atoms with Gasteiger partial charge in [-0.15, -0.1) is 0 Å². The Labute approximate surface area is 149 Å². The summed E-state index contributed by atoms with van der Waals surface area (Å²) >= 11 is 0. The molecule has 0 aliphatic carbocycles. The van der Waals surface area contributed by atoms with E-state index in [1.165, 1.54) is 11.1 Å². The van der Waals surface area contributed by atoms with Gasteiger partial charge in [0.15, 0.2) is 0 Å². The number of aryl methyl sites for hydroxylation is 1. The van der Waals surface area contributed by atoms with Crippen molar-refractivity contribution in [1.29, 1.82) is 0 Å². The topological polar surface area (TPSA) is 41.4 Å². The Kier molecular flexibility index (Phi) is 4.12. The van der Waals surface area contributed by atoms with Gasteiger partial charge in [-0.2, -0.15) is 5.10 Å². The molecule has 2 aromatic rings. The number of hydrogen-bond acceptors (Lipinski definition) is 3. The number of carbonyl (C=O) groups excluding carboxylic acids is 1. The Morgan fingerprint density at radius 1 is 1.28 bits per heavy atom. The molecule has 2 atom stereocenters. The molecule has 2 saturated heterocycles. The minimum absolute atomic E-state index is 0.264. The third-order valence-corrected chi connectivity index (χ3v) is 5.90. The lowest BCUT2D eigenvalue weighted by molar-refractivity contribution is -0.136. The second-order valence-electron chi connectivity index (χ2n) is 7.45. The molecule has 2 fully saturated rings. The van der Waals surface area contributed by atoms with E-state index in [0.717, 1.165) is 39.1 Å². The predicted molar refractivity (Wildman–Crippen MR) is 97.0 cm³/mol. The van der Waals surface area contributed by atoms with E-state index in [4.69, 9.17) is 0 Å². The fourth-order valence-corrected chi connectivity index (χ4v) is 4.68. The van der Waals surface area contributed by atoms with Crippen molar-refractivity contribution in [1.82, 2.24) is 19.6 Å². The van der Waals surface area contributed by atoms with Gasteiger partial charge in [0.1, 0.15) is 0 Å². The third-order valence-electron chi connectivity index (χ3n) is 5.90. The van der Waals surface area contributed by atoms with E-state index in [-0.39, 0.29) is 11.3 Å². The summed E-state index contributed by atoms with van der Waals surface area (Å²) in [5.41, 5.74) is 2.24. The van der Waals surface area contributed by atoms with Crippen molar-refractivity contribution >= 4 is 5.91 Å². The molecule has 5 heteroatoms. The molecular weight excluding hydrogens is 312 g/mol. The van der Waals surface area contributed by atoms with Crippen LogP contribution in [-0.4, -0.2) is 51.7 Å². The molecular formula is C20H26N4O. The first-order chi connectivity index (χ1) is 12.1. The molecule has 0 N–H and O–H groups in total. The molecule has 25 heavy (non-hydrogen) atoms. The van der Waals surface area contributed by atoms with Gasteiger partial charge in [0.2, 0.25) is 5.91 Å². The number of rotatable bonds is 4. The van der Waals surface area contributed by atoms with Gasteiger partial charge >= 0.3 is 0 Å². The van der Waals surface area contributed by atoms with E-state index in [9.17, 15) is 4.79 Å². The first kappa shape index (κ1) is 16.3. The van der Waals surface area contributed by atoms with Crippen LogP contribution in [0.4, 0.5) is 0 Å². The van der Waals surface area contributed by atoms with Crippen LogP contribution in [-0.2, 0) is 18.4 Å². The van der Waals surface area contributed by atoms with Crippen molar-refractivity contribution in [3.63, 3.8) is 0 Å². The van der Waals surface area contributed by atoms with Crippen LogP contribution < -0.4 is 0 Å². The van der Waals surface area contributed by atoms with E-state index in [1.807, 2.05) is 28.9 Å². The van der Waals surface area contributed by atoms with Crippen molar-refractivity contribution in [3.05, 3.63) is 53.9 Å². The van der Waals surface area contributed by atoms with Crippen LogP contribution in [0.1, 0.15) is 30.4 Å². The molecule has 132 valence electrons. The Hall–Kier alpha value is -2.14. The van der Waals surface area contributed by atoms with Crippen molar-refractivity contribution in [2.45, 2.75) is 25.8 Å². The summed E-state index contributed by atoms with van der Waals surface area (Å²) in [4.78, 5) is 17.7. The van der Waals surface area contributed by atoms with Gasteiger partial charge in [0.25, 0.3) is 0 Å². The monoisotopic (exact) mass is 338 g/mol. The summed E-state index contributed by atoms with van der Waals surface area (Å²) in [5.74, 6) is 0.618. The van der Waals surface area contributed by atoms with Crippen molar-refractivity contribution < 1.29 is 4.79 Å². The Morgan fingerprint density at radius 2 is 2.08 bits per heavy atom. The minimum Gasteiger partial charge on any atom is -0.342 e. The second-order valence-corrected chi connectivity index (χ2v) is 7.45. The minimum atomic E-state index is -0.264. The van der Waals surface area contributed by atoms with Crippen molar-refractivity contribution in [3.8, 4) is 0 Å². The van der Waals surface area contributed by atoms with E-state index in [1.54, 1.807) is 0 Å². The van der Waals surface area contributed by atoms with Crippen LogP contribution in [0.5, 0.6) is 0 Å². The number of amides is 1. The summed E-state index contributed by atoms with van der Waals surface area (Å²) in [6.45, 7) is 6.41. The van der Waals surface area contributed by atoms with E-state index in [2.05, 4.69) is 47.4 Å². The van der Waals surface area contributed by atoms with E-state index in [0.29, 0.717) is 5.91 Å². The van der Waals surface area contributed by atoms with Gasteiger partial charge < -0.3 is 4.90 Å². The van der Waals surface area contributed by atoms with Crippen LogP contribution >= 0.6 is 0 Å². The summed E-state index contributed by atoms with van der Waals surface area (Å²) in [5, 5.41) is 4.28. The highest BCUT2D eigenvalue weighted by molar-refractivity contribution is 5.87. The fraction of sp³-hybridized carbons (Fsp3) is 0.500. The first-order valence-electron chi connectivity index (χ1n) is 9.16. The van der Waals surface area contributed by atoms with Crippen molar-refractivity contribution in [2.24, 2.45) is 12.5 Å². The highest BCUT2D eigenvalue weighted by atomic mass is 16.2. The lowest BCUT2D eigenvalue weighted by Gasteiger charge is -2.29. The normalized spacial score (nSPS) is 26.9. The maximum Gasteiger partial charge on any atom is 0.230 e. The maximum absolute atomic E-state index is 13.2. The van der Waals surface area contributed by atoms with Crippen LogP contribution in [0, 0.1) is 5.41 Å². The van der Waals surface area contributed by atoms with E-state index >= 15 is 0 Å². The lowest BCUT2D eigenvalue weighted by Crippen LogP contribution is -2.39. The standard InChI is InChI=1S/C20H26N4O/c1-3-24-10-9-20(19(24)25)15-23(13-16-11-21-22(2)12-16)14-18(20)17-7-5-4-6-8-17/h4-8,11-12,18H,3,9-10,13-15H2,1-2H3/t18-,20+/m0/s1. The molecule has 5 nitrogen and oxygen atoms in total. The fourth-order valence-electron chi connectivity index (χ4n) is 4.68. The first-order valence-corrected chi connectivity index (χ1v) is 9.16. The number of likely N-dealkylation sites (tertiary alicyclic amines) is 2. The zero-order valence-electron chi connectivity index (χ0n) is 15.1. The predicted octanol–water partition coefficient (Wildman–Crippen LogP) is 2.26. The molecule has 1 aromatic heterocycles. The largest absolute Gasteiger partial charge is 0.342 e. The number of hydrogen-bond donors (Lipinski definition) is 0. The molecule has 1 aromatic carbocycles. The molecule has 1 amide bonds. The average Bonchev–Trinajstić information content (AvgIpc) is 3.29. The van der Waals surface area contributed by atoms with Crippen LogP contribution in [0.25, 0.3) is 0 Å². The molecule has 2 aliphatic rings. The lowest BCUT2D eigenvalue weighted by atomic mass is 9.73. The van der Waals surface area contributed by atoms with Gasteiger partial charge in [-0.25, -0.2) is 0 Å². The number of nitrogens with zero attached hydrogens (tertiary/aromatic N) is 4. The smallest absolute Gasteiger partial charge is 0.230 e. The van der Waals surface area contributed by atoms with Gasteiger partial charge in [-0.3, -0.25) is 14.4 Å². The zero-order valence-corrected chi connectivity index (χ0v) is 15.1. The van der Waals surface area contributed by atoms with Crippen LogP contribution in [0.15, 0.2) is 42.7 Å². The highest BCUT2D eigenvalue weighted by Crippen LogP contribution is 2.50. The number of benzene rings is 1. The quantitative estimate of drug-likeness (QED) is 0.859. The van der Waals surface area contributed by atoms with Gasteiger partial charge in [0.05, 0.1) is 11.6 Å². The molecule has 0 radical (unpaired) electrons. The summed E-state index contributed by atoms with van der Waals surface area (Å²) < 4.78 is 1.84. The summed E-state index contributed by atoms with van der Waals surface area (Å²) in [6.07, 6.45) is 4.96. The molecule has 0 saturated carbocycles. The molecule has 2 aliphatic heterocycles. The Bertz CT molecular complexity index is 756. The Balaban J connectivity index is 1.64. The zero-order chi connectivity index (χ0) is 17.4.